The van der Waals surface area contributed by atoms with E-state index in [0.717, 1.165) is 43.9 Å². The Bertz CT molecular complexity index is 863. The molecule has 5 heteroatoms. The molecule has 1 saturated heterocycles. The van der Waals surface area contributed by atoms with Gasteiger partial charge in [0, 0.05) is 12.2 Å². The summed E-state index contributed by atoms with van der Waals surface area (Å²) in [5, 5.41) is 3.49. The standard InChI is InChI=1S/C24H28N3OP/c28-29-26(19-21-11-4-1-5-12-21)24(20-27(29)23-15-8-3-9-16-23)17-10-18-25-22-13-6-2-7-14-22/h1-9,11-16,24-25,29H,10,17-20H2/t24-/m0/s1. The number of benzene rings is 3. The van der Waals surface area contributed by atoms with E-state index >= 15 is 0 Å². The first kappa shape index (κ1) is 19.9. The van der Waals surface area contributed by atoms with Gasteiger partial charge in [-0.05, 0) is 42.7 Å². The zero-order valence-corrected chi connectivity index (χ0v) is 17.6. The van der Waals surface area contributed by atoms with Gasteiger partial charge in [-0.1, -0.05) is 66.7 Å². The van der Waals surface area contributed by atoms with E-state index in [0.29, 0.717) is 6.04 Å². The molecule has 1 heterocycles. The van der Waals surface area contributed by atoms with E-state index in [1.54, 1.807) is 0 Å². The van der Waals surface area contributed by atoms with Gasteiger partial charge >= 0.3 is 0 Å². The van der Waals surface area contributed by atoms with Crippen molar-refractivity contribution in [2.24, 2.45) is 0 Å². The Balaban J connectivity index is 1.42. The van der Waals surface area contributed by atoms with Crippen molar-refractivity contribution in [3.8, 4) is 0 Å². The molecule has 0 aliphatic carbocycles. The van der Waals surface area contributed by atoms with E-state index in [2.05, 4.69) is 63.2 Å². The lowest BCUT2D eigenvalue weighted by Gasteiger charge is -2.27. The maximum Gasteiger partial charge on any atom is 0.117 e. The highest BCUT2D eigenvalue weighted by molar-refractivity contribution is 7.49. The number of rotatable bonds is 8. The van der Waals surface area contributed by atoms with Gasteiger partial charge in [-0.3, -0.25) is 0 Å². The van der Waals surface area contributed by atoms with Crippen LogP contribution in [0.1, 0.15) is 18.4 Å². The van der Waals surface area contributed by atoms with Crippen molar-refractivity contribution in [3.63, 3.8) is 0 Å². The molecule has 1 aliphatic heterocycles. The van der Waals surface area contributed by atoms with Crippen LogP contribution in [-0.4, -0.2) is 23.8 Å². The second-order valence-corrected chi connectivity index (χ2v) is 9.11. The van der Waals surface area contributed by atoms with E-state index in [9.17, 15) is 4.89 Å². The Hall–Kier alpha value is -2.39. The zero-order valence-electron chi connectivity index (χ0n) is 16.6. The minimum atomic E-state index is -2.02. The SMILES string of the molecule is [O-][PH+]1N(c2ccccc2)C[C@H](CCCNc2ccccc2)N1Cc1ccccc1. The topological polar surface area (TPSA) is 41.6 Å². The summed E-state index contributed by atoms with van der Waals surface area (Å²) in [6, 6.07) is 31.1. The van der Waals surface area contributed by atoms with Gasteiger partial charge in [-0.25, -0.2) is 4.67 Å². The Labute approximate surface area is 174 Å². The third-order valence-electron chi connectivity index (χ3n) is 5.39. The van der Waals surface area contributed by atoms with Gasteiger partial charge in [0.1, 0.15) is 8.45 Å². The molecule has 0 bridgehead atoms. The molecule has 1 unspecified atom stereocenters. The lowest BCUT2D eigenvalue weighted by Crippen LogP contribution is -2.29. The van der Waals surface area contributed by atoms with Crippen LogP contribution < -0.4 is 14.9 Å². The van der Waals surface area contributed by atoms with Crippen LogP contribution >= 0.6 is 8.45 Å². The molecule has 0 amide bonds. The van der Waals surface area contributed by atoms with Gasteiger partial charge in [-0.15, -0.1) is 0 Å². The highest BCUT2D eigenvalue weighted by Gasteiger charge is 2.40. The van der Waals surface area contributed by atoms with E-state index in [4.69, 9.17) is 0 Å². The first-order chi connectivity index (χ1) is 14.3. The number of para-hydroxylation sites is 2. The van der Waals surface area contributed by atoms with Crippen molar-refractivity contribution >= 4 is 19.8 Å². The molecule has 0 aromatic heterocycles. The van der Waals surface area contributed by atoms with Crippen molar-refractivity contribution in [2.45, 2.75) is 25.4 Å². The largest absolute Gasteiger partial charge is 0.648 e. The van der Waals surface area contributed by atoms with Gasteiger partial charge in [-0.2, -0.15) is 4.67 Å². The third kappa shape index (κ3) is 5.16. The number of anilines is 2. The van der Waals surface area contributed by atoms with Crippen molar-refractivity contribution in [2.75, 3.05) is 23.1 Å². The molecule has 4 rings (SSSR count). The van der Waals surface area contributed by atoms with Crippen molar-refractivity contribution in [3.05, 3.63) is 96.6 Å². The lowest BCUT2D eigenvalue weighted by molar-refractivity contribution is -0.170. The first-order valence-electron chi connectivity index (χ1n) is 10.3. The van der Waals surface area contributed by atoms with Crippen LogP contribution in [0.25, 0.3) is 0 Å². The van der Waals surface area contributed by atoms with E-state index in [-0.39, 0.29) is 0 Å². The average molecular weight is 405 g/mol. The molecule has 1 N–H and O–H groups in total. The summed E-state index contributed by atoms with van der Waals surface area (Å²) >= 11 is 0. The Morgan fingerprint density at radius 3 is 2.17 bits per heavy atom. The van der Waals surface area contributed by atoms with Gasteiger partial charge in [0.05, 0.1) is 24.8 Å². The van der Waals surface area contributed by atoms with Gasteiger partial charge < -0.3 is 10.2 Å². The van der Waals surface area contributed by atoms with Crippen molar-refractivity contribution in [1.29, 1.82) is 0 Å². The summed E-state index contributed by atoms with van der Waals surface area (Å²) < 4.78 is 4.32. The predicted molar refractivity (Wildman–Crippen MR) is 122 cm³/mol. The molecule has 1 aliphatic rings. The molecule has 2 atom stereocenters. The molecule has 150 valence electrons. The second-order valence-electron chi connectivity index (χ2n) is 7.43. The Kier molecular flexibility index (Phi) is 6.79. The highest BCUT2D eigenvalue weighted by Crippen LogP contribution is 2.48. The average Bonchev–Trinajstić information content (AvgIpc) is 3.09. The fourth-order valence-electron chi connectivity index (χ4n) is 3.87. The van der Waals surface area contributed by atoms with Crippen LogP contribution in [0.5, 0.6) is 0 Å². The van der Waals surface area contributed by atoms with Gasteiger partial charge in [0.2, 0.25) is 0 Å². The van der Waals surface area contributed by atoms with Crippen molar-refractivity contribution < 1.29 is 4.89 Å². The number of nitrogens with one attached hydrogen (secondary N) is 1. The zero-order chi connectivity index (χ0) is 19.9. The van der Waals surface area contributed by atoms with Crippen LogP contribution in [0.15, 0.2) is 91.0 Å². The second kappa shape index (κ2) is 9.89. The highest BCUT2D eigenvalue weighted by atomic mass is 31.2. The first-order valence-corrected chi connectivity index (χ1v) is 11.6. The monoisotopic (exact) mass is 405 g/mol. The van der Waals surface area contributed by atoms with Crippen LogP contribution in [0, 0.1) is 0 Å². The van der Waals surface area contributed by atoms with Gasteiger partial charge in [0.25, 0.3) is 0 Å². The van der Waals surface area contributed by atoms with Crippen molar-refractivity contribution in [1.82, 2.24) is 4.67 Å². The fourth-order valence-corrected chi connectivity index (χ4v) is 5.76. The lowest BCUT2D eigenvalue weighted by atomic mass is 10.1. The predicted octanol–water partition coefficient (Wildman–Crippen LogP) is 4.59. The van der Waals surface area contributed by atoms with Crippen LogP contribution in [0.4, 0.5) is 11.4 Å². The Morgan fingerprint density at radius 1 is 0.862 bits per heavy atom. The van der Waals surface area contributed by atoms with Crippen LogP contribution in [0.3, 0.4) is 0 Å². The molecule has 4 nitrogen and oxygen atoms in total. The van der Waals surface area contributed by atoms with Gasteiger partial charge in [0.15, 0.2) is 0 Å². The van der Waals surface area contributed by atoms with E-state index in [1.165, 1.54) is 5.56 Å². The minimum absolute atomic E-state index is 0.291. The van der Waals surface area contributed by atoms with Crippen LogP contribution in [-0.2, 0) is 6.54 Å². The molecule has 1 fully saturated rings. The molecule has 0 spiro atoms. The molecule has 0 saturated carbocycles. The summed E-state index contributed by atoms with van der Waals surface area (Å²) in [6.45, 7) is 2.48. The summed E-state index contributed by atoms with van der Waals surface area (Å²) in [5.74, 6) is 0. The summed E-state index contributed by atoms with van der Waals surface area (Å²) in [7, 11) is -2.02. The van der Waals surface area contributed by atoms with Crippen LogP contribution in [0.2, 0.25) is 0 Å². The third-order valence-corrected chi connectivity index (χ3v) is 7.31. The van der Waals surface area contributed by atoms with E-state index in [1.807, 2.05) is 42.5 Å². The fraction of sp³-hybridized carbons (Fsp3) is 0.250. The maximum atomic E-state index is 13.4. The maximum absolute atomic E-state index is 13.4. The molecular formula is C24H28N3OP. The smallest absolute Gasteiger partial charge is 0.117 e. The molecular weight excluding hydrogens is 377 g/mol. The number of hydrogen-bond donors (Lipinski definition) is 1. The molecule has 3 aromatic rings. The number of hydrogen-bond acceptors (Lipinski definition) is 4. The normalized spacial score (nSPS) is 19.4. The van der Waals surface area contributed by atoms with E-state index < -0.39 is 8.45 Å². The summed E-state index contributed by atoms with van der Waals surface area (Å²) in [4.78, 5) is 13.4. The minimum Gasteiger partial charge on any atom is -0.648 e. The summed E-state index contributed by atoms with van der Waals surface area (Å²) in [5.41, 5.74) is 3.42. The molecule has 0 radical (unpaired) electrons. The number of nitrogens with zero attached hydrogens (tertiary/aromatic N) is 2. The summed E-state index contributed by atoms with van der Waals surface area (Å²) in [6.07, 6.45) is 2.06. The molecule has 29 heavy (non-hydrogen) atoms. The Morgan fingerprint density at radius 2 is 1.48 bits per heavy atom. The quantitative estimate of drug-likeness (QED) is 0.440. The molecule has 3 aromatic carbocycles.